The zero-order valence-electron chi connectivity index (χ0n) is 16.1. The van der Waals surface area contributed by atoms with Crippen molar-refractivity contribution in [1.82, 2.24) is 0 Å². The molecule has 0 saturated heterocycles. The number of nitro groups is 1. The van der Waals surface area contributed by atoms with Crippen molar-refractivity contribution in [3.63, 3.8) is 0 Å². The van der Waals surface area contributed by atoms with E-state index in [1.807, 2.05) is 60.1 Å². The van der Waals surface area contributed by atoms with E-state index in [4.69, 9.17) is 4.74 Å². The van der Waals surface area contributed by atoms with Gasteiger partial charge in [0.25, 0.3) is 11.6 Å². The number of ether oxygens (including phenoxy) is 1. The molecular formula is C21H22N3O4S+. The predicted molar refractivity (Wildman–Crippen MR) is 112 cm³/mol. The molecule has 1 amide bonds. The topological polar surface area (TPSA) is 98.1 Å². The van der Waals surface area contributed by atoms with E-state index in [-0.39, 0.29) is 23.3 Å². The fourth-order valence-electron chi connectivity index (χ4n) is 3.03. The van der Waals surface area contributed by atoms with Crippen LogP contribution in [0.4, 0.5) is 11.4 Å². The van der Waals surface area contributed by atoms with E-state index in [0.29, 0.717) is 5.75 Å². The summed E-state index contributed by atoms with van der Waals surface area (Å²) in [4.78, 5) is 24.5. The van der Waals surface area contributed by atoms with E-state index in [1.54, 1.807) is 11.3 Å². The molecule has 0 unspecified atom stereocenters. The molecule has 0 spiro atoms. The van der Waals surface area contributed by atoms with Crippen LogP contribution in [-0.4, -0.2) is 24.0 Å². The molecule has 0 fully saturated rings. The van der Waals surface area contributed by atoms with Crippen LogP contribution in [-0.2, 0) is 4.79 Å². The molecule has 2 aromatic carbocycles. The first-order valence-electron chi connectivity index (χ1n) is 9.06. The van der Waals surface area contributed by atoms with Crippen LogP contribution in [0.25, 0.3) is 0 Å². The average Bonchev–Trinajstić information content (AvgIpc) is 3.26. The first-order valence-corrected chi connectivity index (χ1v) is 9.94. The van der Waals surface area contributed by atoms with Crippen molar-refractivity contribution in [2.75, 3.05) is 12.4 Å². The second-order valence-corrected chi connectivity index (χ2v) is 7.50. The molecule has 0 aliphatic carbocycles. The molecule has 150 valence electrons. The van der Waals surface area contributed by atoms with Gasteiger partial charge >= 0.3 is 0 Å². The van der Waals surface area contributed by atoms with Crippen molar-refractivity contribution in [2.45, 2.75) is 19.0 Å². The number of methoxy groups -OCH3 is 1. The summed E-state index contributed by atoms with van der Waals surface area (Å²) in [7, 11) is 1.45. The van der Waals surface area contributed by atoms with E-state index in [2.05, 4.69) is 5.32 Å². The lowest BCUT2D eigenvalue weighted by molar-refractivity contribution is -0.703. The average molecular weight is 412 g/mol. The summed E-state index contributed by atoms with van der Waals surface area (Å²) in [5.74, 6) is 0.107. The highest BCUT2D eigenvalue weighted by Gasteiger charge is 2.26. The van der Waals surface area contributed by atoms with Crippen molar-refractivity contribution in [3.8, 4) is 5.75 Å². The number of nitrogens with zero attached hydrogens (tertiary/aromatic N) is 1. The third kappa shape index (κ3) is 4.98. The van der Waals surface area contributed by atoms with Crippen LogP contribution in [0, 0.1) is 10.1 Å². The number of anilines is 1. The largest absolute Gasteiger partial charge is 0.495 e. The lowest BCUT2D eigenvalue weighted by atomic mass is 10.0. The summed E-state index contributed by atoms with van der Waals surface area (Å²) >= 11 is 1.64. The Labute approximate surface area is 172 Å². The maximum atomic E-state index is 12.8. The predicted octanol–water partition coefficient (Wildman–Crippen LogP) is 3.34. The summed E-state index contributed by atoms with van der Waals surface area (Å²) in [6.45, 7) is 1.81. The molecule has 0 bridgehead atoms. The Morgan fingerprint density at radius 2 is 1.93 bits per heavy atom. The van der Waals surface area contributed by atoms with Gasteiger partial charge in [-0.15, -0.1) is 11.3 Å². The van der Waals surface area contributed by atoms with Crippen molar-refractivity contribution < 1.29 is 19.8 Å². The summed E-state index contributed by atoms with van der Waals surface area (Å²) in [5.41, 5.74) is 1.26. The van der Waals surface area contributed by atoms with Gasteiger partial charge < -0.3 is 15.4 Å². The lowest BCUT2D eigenvalue weighted by Gasteiger charge is -2.20. The van der Waals surface area contributed by atoms with Gasteiger partial charge in [-0.05, 0) is 24.4 Å². The molecule has 3 N–H and O–H groups in total. The van der Waals surface area contributed by atoms with Gasteiger partial charge in [-0.3, -0.25) is 14.9 Å². The zero-order valence-corrected chi connectivity index (χ0v) is 16.9. The summed E-state index contributed by atoms with van der Waals surface area (Å²) < 4.78 is 5.22. The number of rotatable bonds is 8. The number of amides is 1. The van der Waals surface area contributed by atoms with Crippen molar-refractivity contribution in [2.24, 2.45) is 0 Å². The second-order valence-electron chi connectivity index (χ2n) is 6.52. The molecule has 0 radical (unpaired) electrons. The minimum absolute atomic E-state index is 0.0241. The fraction of sp³-hybridized carbons (Fsp3) is 0.190. The molecule has 0 aliphatic heterocycles. The van der Waals surface area contributed by atoms with Gasteiger partial charge in [-0.2, -0.15) is 0 Å². The van der Waals surface area contributed by atoms with E-state index in [0.717, 1.165) is 10.4 Å². The Morgan fingerprint density at radius 1 is 1.17 bits per heavy atom. The maximum Gasteiger partial charge on any atom is 0.282 e. The maximum absolute atomic E-state index is 12.8. The molecule has 8 heteroatoms. The smallest absolute Gasteiger partial charge is 0.282 e. The Bertz CT molecular complexity index is 977. The fourth-order valence-corrected chi connectivity index (χ4v) is 3.86. The van der Waals surface area contributed by atoms with E-state index >= 15 is 0 Å². The lowest BCUT2D eigenvalue weighted by Crippen LogP contribution is -2.92. The molecule has 7 nitrogen and oxygen atoms in total. The zero-order chi connectivity index (χ0) is 20.8. The first-order chi connectivity index (χ1) is 14.0. The van der Waals surface area contributed by atoms with Crippen LogP contribution in [0.1, 0.15) is 23.4 Å². The minimum Gasteiger partial charge on any atom is -0.495 e. The summed E-state index contributed by atoms with van der Waals surface area (Å²) in [6.07, 6.45) is 0. The number of nitro benzene ring substituents is 1. The number of thiophene rings is 1. The third-order valence-electron chi connectivity index (χ3n) is 4.55. The molecule has 3 aromatic rings. The van der Waals surface area contributed by atoms with Crippen LogP contribution in [0.15, 0.2) is 66.0 Å². The van der Waals surface area contributed by atoms with Crippen molar-refractivity contribution in [1.29, 1.82) is 0 Å². The quantitative estimate of drug-likeness (QED) is 0.438. The summed E-state index contributed by atoms with van der Waals surface area (Å²) in [5, 5.41) is 17.8. The van der Waals surface area contributed by atoms with E-state index in [1.165, 1.54) is 25.3 Å². The minimum atomic E-state index is -0.507. The molecule has 3 rings (SSSR count). The number of quaternary nitrogens is 1. The van der Waals surface area contributed by atoms with Crippen LogP contribution in [0.3, 0.4) is 0 Å². The number of carbonyl (C=O) groups excluding carboxylic acids is 1. The molecule has 1 heterocycles. The SMILES string of the molecule is COc1ccc([N+](=O)[O-])cc1NC(=O)[C@H](C)[NH2+][C@@H](c1ccccc1)c1cccs1. The molecule has 2 atom stereocenters. The van der Waals surface area contributed by atoms with Crippen molar-refractivity contribution in [3.05, 3.63) is 86.6 Å². The molecular weight excluding hydrogens is 390 g/mol. The number of non-ortho nitro benzene ring substituents is 1. The normalized spacial score (nSPS) is 12.8. The molecule has 29 heavy (non-hydrogen) atoms. The number of hydrogen-bond donors (Lipinski definition) is 2. The number of nitrogens with two attached hydrogens (primary N) is 1. The van der Waals surface area contributed by atoms with Crippen LogP contribution < -0.4 is 15.4 Å². The Morgan fingerprint density at radius 3 is 2.55 bits per heavy atom. The van der Waals surface area contributed by atoms with Gasteiger partial charge in [0, 0.05) is 17.7 Å². The monoisotopic (exact) mass is 412 g/mol. The standard InChI is InChI=1S/C21H21N3O4S/c1-14(21(25)23-17-13-16(24(26)27)10-11-18(17)28-2)22-20(19-9-6-12-29-19)15-7-4-3-5-8-15/h3-14,20,22H,1-2H3,(H,23,25)/p+1/t14-,20-/m0/s1. The van der Waals surface area contributed by atoms with Crippen LogP contribution >= 0.6 is 11.3 Å². The Hall–Kier alpha value is -3.23. The van der Waals surface area contributed by atoms with Gasteiger partial charge in [0.05, 0.1) is 22.6 Å². The highest BCUT2D eigenvalue weighted by molar-refractivity contribution is 7.10. The second kappa shape index (κ2) is 9.31. The van der Waals surface area contributed by atoms with Crippen molar-refractivity contribution >= 4 is 28.6 Å². The Balaban J connectivity index is 1.79. The molecule has 1 aromatic heterocycles. The van der Waals surface area contributed by atoms with Gasteiger partial charge in [0.2, 0.25) is 0 Å². The highest BCUT2D eigenvalue weighted by atomic mass is 32.1. The van der Waals surface area contributed by atoms with Crippen LogP contribution in [0.2, 0.25) is 0 Å². The third-order valence-corrected chi connectivity index (χ3v) is 5.51. The molecule has 0 saturated carbocycles. The van der Waals surface area contributed by atoms with E-state index in [9.17, 15) is 14.9 Å². The first kappa shape index (κ1) is 20.5. The number of nitrogens with one attached hydrogen (secondary N) is 1. The van der Waals surface area contributed by atoms with Gasteiger partial charge in [-0.1, -0.05) is 36.4 Å². The van der Waals surface area contributed by atoms with Gasteiger partial charge in [0.15, 0.2) is 6.04 Å². The molecule has 0 aliphatic rings. The number of benzene rings is 2. The highest BCUT2D eigenvalue weighted by Crippen LogP contribution is 2.29. The van der Waals surface area contributed by atoms with Gasteiger partial charge in [0.1, 0.15) is 11.8 Å². The number of hydrogen-bond acceptors (Lipinski definition) is 5. The number of carbonyl (C=O) groups is 1. The summed E-state index contributed by atoms with van der Waals surface area (Å²) in [6, 6.07) is 17.7. The Kier molecular flexibility index (Phi) is 6.58. The van der Waals surface area contributed by atoms with Crippen LogP contribution in [0.5, 0.6) is 5.75 Å². The van der Waals surface area contributed by atoms with E-state index < -0.39 is 11.0 Å². The van der Waals surface area contributed by atoms with Gasteiger partial charge in [-0.25, -0.2) is 0 Å².